The molecular weight excluding hydrogens is 234 g/mol. The number of anilines is 2. The minimum atomic E-state index is 0.706. The minimum Gasteiger partial charge on any atom is -0.399 e. The van der Waals surface area contributed by atoms with Crippen molar-refractivity contribution in [3.05, 3.63) is 59.2 Å². The molecule has 0 saturated carbocycles. The van der Waals surface area contributed by atoms with E-state index >= 15 is 0 Å². The van der Waals surface area contributed by atoms with E-state index in [-0.39, 0.29) is 0 Å². The number of nitrogens with two attached hydrogens (primary N) is 1. The Hall–Kier alpha value is -2.47. The van der Waals surface area contributed by atoms with Crippen LogP contribution in [0, 0.1) is 18.3 Å². The van der Waals surface area contributed by atoms with Crippen molar-refractivity contribution in [1.29, 1.82) is 5.26 Å². The summed E-state index contributed by atoms with van der Waals surface area (Å²) >= 11 is 0. The van der Waals surface area contributed by atoms with Crippen LogP contribution in [0.4, 0.5) is 11.4 Å². The van der Waals surface area contributed by atoms with Crippen LogP contribution in [0.3, 0.4) is 0 Å². The van der Waals surface area contributed by atoms with Gasteiger partial charge >= 0.3 is 0 Å². The van der Waals surface area contributed by atoms with E-state index in [4.69, 9.17) is 5.73 Å². The number of rotatable bonds is 3. The van der Waals surface area contributed by atoms with E-state index < -0.39 is 0 Å². The van der Waals surface area contributed by atoms with Gasteiger partial charge in [0.1, 0.15) is 6.07 Å². The van der Waals surface area contributed by atoms with E-state index in [0.29, 0.717) is 5.56 Å². The normalized spacial score (nSPS) is 9.95. The van der Waals surface area contributed by atoms with Gasteiger partial charge in [-0.2, -0.15) is 5.26 Å². The first kappa shape index (κ1) is 13.0. The van der Waals surface area contributed by atoms with Crippen molar-refractivity contribution < 1.29 is 0 Å². The van der Waals surface area contributed by atoms with Gasteiger partial charge in [0.25, 0.3) is 0 Å². The highest BCUT2D eigenvalue weighted by Gasteiger charge is 2.08. The molecule has 19 heavy (non-hydrogen) atoms. The molecule has 96 valence electrons. The summed E-state index contributed by atoms with van der Waals surface area (Å²) in [5.74, 6) is 0. The zero-order valence-electron chi connectivity index (χ0n) is 11.2. The average molecular weight is 251 g/mol. The summed E-state index contributed by atoms with van der Waals surface area (Å²) in [6.45, 7) is 2.74. The molecule has 0 bridgehead atoms. The van der Waals surface area contributed by atoms with E-state index in [1.54, 1.807) is 0 Å². The predicted molar refractivity (Wildman–Crippen MR) is 78.9 cm³/mol. The van der Waals surface area contributed by atoms with Crippen LogP contribution in [-0.2, 0) is 6.54 Å². The molecule has 2 aromatic rings. The first-order valence-corrected chi connectivity index (χ1v) is 6.16. The van der Waals surface area contributed by atoms with Crippen LogP contribution in [0.15, 0.2) is 42.5 Å². The van der Waals surface area contributed by atoms with Crippen molar-refractivity contribution in [3.63, 3.8) is 0 Å². The van der Waals surface area contributed by atoms with E-state index in [9.17, 15) is 5.26 Å². The third-order valence-corrected chi connectivity index (χ3v) is 3.08. The molecule has 2 aromatic carbocycles. The monoisotopic (exact) mass is 251 g/mol. The summed E-state index contributed by atoms with van der Waals surface area (Å²) in [5.41, 5.74) is 10.4. The third-order valence-electron chi connectivity index (χ3n) is 3.08. The molecule has 0 heterocycles. The standard InChI is InChI=1S/C16H17N3/c1-12-3-8-16(14(9-12)10-17)19(2)11-13-4-6-15(18)7-5-13/h3-9H,11,18H2,1-2H3. The Morgan fingerprint density at radius 3 is 2.47 bits per heavy atom. The zero-order valence-corrected chi connectivity index (χ0v) is 11.2. The first-order chi connectivity index (χ1) is 9.10. The van der Waals surface area contributed by atoms with Gasteiger partial charge in [-0.1, -0.05) is 18.2 Å². The van der Waals surface area contributed by atoms with Crippen LogP contribution in [0.2, 0.25) is 0 Å². The number of nitrogens with zero attached hydrogens (tertiary/aromatic N) is 2. The van der Waals surface area contributed by atoms with Gasteiger partial charge in [-0.05, 0) is 42.3 Å². The molecular formula is C16H17N3. The zero-order chi connectivity index (χ0) is 13.8. The van der Waals surface area contributed by atoms with Crippen molar-refractivity contribution >= 4 is 11.4 Å². The fourth-order valence-electron chi connectivity index (χ4n) is 2.05. The van der Waals surface area contributed by atoms with E-state index in [0.717, 1.165) is 23.5 Å². The third kappa shape index (κ3) is 3.05. The Bertz CT molecular complexity index is 609. The van der Waals surface area contributed by atoms with Gasteiger partial charge in [0, 0.05) is 19.3 Å². The molecule has 0 fully saturated rings. The fraction of sp³-hybridized carbons (Fsp3) is 0.188. The minimum absolute atomic E-state index is 0.706. The summed E-state index contributed by atoms with van der Waals surface area (Å²) in [6, 6.07) is 16.0. The second-order valence-electron chi connectivity index (χ2n) is 4.73. The second kappa shape index (κ2) is 5.45. The molecule has 0 radical (unpaired) electrons. The number of hydrogen-bond acceptors (Lipinski definition) is 3. The lowest BCUT2D eigenvalue weighted by Crippen LogP contribution is -2.17. The molecule has 2 N–H and O–H groups in total. The van der Waals surface area contributed by atoms with Crippen molar-refractivity contribution in [2.75, 3.05) is 17.7 Å². The Morgan fingerprint density at radius 2 is 1.84 bits per heavy atom. The van der Waals surface area contributed by atoms with Gasteiger partial charge in [0.2, 0.25) is 0 Å². The summed E-state index contributed by atoms with van der Waals surface area (Å²) < 4.78 is 0. The van der Waals surface area contributed by atoms with Gasteiger partial charge < -0.3 is 10.6 Å². The summed E-state index contributed by atoms with van der Waals surface area (Å²) in [4.78, 5) is 2.07. The molecule has 0 unspecified atom stereocenters. The Labute approximate surface area is 113 Å². The van der Waals surface area contributed by atoms with Crippen molar-refractivity contribution in [1.82, 2.24) is 0 Å². The molecule has 0 aromatic heterocycles. The number of nitriles is 1. The van der Waals surface area contributed by atoms with Crippen LogP contribution in [-0.4, -0.2) is 7.05 Å². The highest BCUT2D eigenvalue weighted by molar-refractivity contribution is 5.60. The Morgan fingerprint density at radius 1 is 1.16 bits per heavy atom. The highest BCUT2D eigenvalue weighted by atomic mass is 15.1. The molecule has 3 heteroatoms. The van der Waals surface area contributed by atoms with Crippen molar-refractivity contribution in [3.8, 4) is 6.07 Å². The van der Waals surface area contributed by atoms with E-state index in [1.165, 1.54) is 5.56 Å². The molecule has 0 aliphatic carbocycles. The van der Waals surface area contributed by atoms with Crippen molar-refractivity contribution in [2.45, 2.75) is 13.5 Å². The molecule has 3 nitrogen and oxygen atoms in total. The maximum atomic E-state index is 9.20. The summed E-state index contributed by atoms with van der Waals surface area (Å²) in [7, 11) is 1.99. The molecule has 0 amide bonds. The van der Waals surface area contributed by atoms with Crippen molar-refractivity contribution in [2.24, 2.45) is 0 Å². The van der Waals surface area contributed by atoms with Gasteiger partial charge in [-0.15, -0.1) is 0 Å². The number of hydrogen-bond donors (Lipinski definition) is 1. The smallest absolute Gasteiger partial charge is 0.101 e. The molecule has 0 saturated heterocycles. The molecule has 0 aliphatic rings. The first-order valence-electron chi connectivity index (χ1n) is 6.16. The van der Waals surface area contributed by atoms with Gasteiger partial charge in [-0.3, -0.25) is 0 Å². The van der Waals surface area contributed by atoms with E-state index in [1.807, 2.05) is 56.4 Å². The SMILES string of the molecule is Cc1ccc(N(C)Cc2ccc(N)cc2)c(C#N)c1. The molecule has 0 spiro atoms. The second-order valence-corrected chi connectivity index (χ2v) is 4.73. The summed E-state index contributed by atoms with van der Waals surface area (Å²) in [5, 5.41) is 9.20. The fourth-order valence-corrected chi connectivity index (χ4v) is 2.05. The summed E-state index contributed by atoms with van der Waals surface area (Å²) in [6.07, 6.45) is 0. The van der Waals surface area contributed by atoms with Gasteiger partial charge in [0.05, 0.1) is 11.3 Å². The number of nitrogen functional groups attached to an aromatic ring is 1. The van der Waals surface area contributed by atoms with Crippen LogP contribution < -0.4 is 10.6 Å². The van der Waals surface area contributed by atoms with Crippen LogP contribution in [0.5, 0.6) is 0 Å². The molecule has 0 atom stereocenters. The average Bonchev–Trinajstić information content (AvgIpc) is 2.41. The molecule has 2 rings (SSSR count). The molecule has 0 aliphatic heterocycles. The van der Waals surface area contributed by atoms with E-state index in [2.05, 4.69) is 11.0 Å². The highest BCUT2D eigenvalue weighted by Crippen LogP contribution is 2.22. The Balaban J connectivity index is 2.23. The number of aryl methyl sites for hydroxylation is 1. The quantitative estimate of drug-likeness (QED) is 0.853. The predicted octanol–water partition coefficient (Wildman–Crippen LogP) is 3.09. The largest absolute Gasteiger partial charge is 0.399 e. The van der Waals surface area contributed by atoms with Gasteiger partial charge in [0.15, 0.2) is 0 Å². The number of benzene rings is 2. The lowest BCUT2D eigenvalue weighted by atomic mass is 10.1. The Kier molecular flexibility index (Phi) is 3.72. The lowest BCUT2D eigenvalue weighted by Gasteiger charge is -2.21. The van der Waals surface area contributed by atoms with Crippen LogP contribution in [0.1, 0.15) is 16.7 Å². The lowest BCUT2D eigenvalue weighted by molar-refractivity contribution is 0.920. The maximum absolute atomic E-state index is 9.20. The maximum Gasteiger partial charge on any atom is 0.101 e. The van der Waals surface area contributed by atoms with Crippen LogP contribution >= 0.6 is 0 Å². The van der Waals surface area contributed by atoms with Crippen LogP contribution in [0.25, 0.3) is 0 Å². The van der Waals surface area contributed by atoms with Gasteiger partial charge in [-0.25, -0.2) is 0 Å². The topological polar surface area (TPSA) is 53.0 Å².